The van der Waals surface area contributed by atoms with E-state index in [0.717, 1.165) is 83.5 Å². The minimum absolute atomic E-state index is 0.0712. The lowest BCUT2D eigenvalue weighted by Gasteiger charge is -2.18. The fourth-order valence-corrected chi connectivity index (χ4v) is 11.1. The summed E-state index contributed by atoms with van der Waals surface area (Å²) in [5.41, 5.74) is 0. The largest absolute Gasteiger partial charge is 0.462 e. The SMILES string of the molecule is CC/C=C\C/C=C\C/C=C\CCCCCCCCCC(=O)OCC(COC(=O)CCCCCCCCCCCCCCCCC/C=C\CCCCCCCCCC)OC(=O)CCCCCCCCCCCCCCCCCCCCCC. The Bertz CT molecular complexity index is 1410. The van der Waals surface area contributed by atoms with Gasteiger partial charge in [0.05, 0.1) is 0 Å². The quantitative estimate of drug-likeness (QED) is 0.0261. The Morgan fingerprint density at radius 1 is 0.256 bits per heavy atom. The van der Waals surface area contributed by atoms with Gasteiger partial charge in [-0.15, -0.1) is 0 Å². The number of allylic oxidation sites excluding steroid dienone is 8. The summed E-state index contributed by atoms with van der Waals surface area (Å²) in [6, 6.07) is 0. The predicted molar refractivity (Wildman–Crippen MR) is 358 cm³/mol. The van der Waals surface area contributed by atoms with Crippen LogP contribution in [0.2, 0.25) is 0 Å². The third-order valence-corrected chi connectivity index (χ3v) is 16.6. The number of carbonyl (C=O) groups excluding carboxylic acids is 3. The molecule has 0 rings (SSSR count). The highest BCUT2D eigenvalue weighted by atomic mass is 16.6. The van der Waals surface area contributed by atoms with E-state index in [1.54, 1.807) is 0 Å². The molecule has 0 aliphatic carbocycles. The third-order valence-electron chi connectivity index (χ3n) is 16.6. The Kier molecular flexibility index (Phi) is 68.6. The van der Waals surface area contributed by atoms with Gasteiger partial charge in [0.2, 0.25) is 0 Å². The molecular weight excluding hydrogens is 1010 g/mol. The Morgan fingerprint density at radius 2 is 0.476 bits per heavy atom. The molecule has 0 aromatic carbocycles. The molecule has 0 aromatic rings. The topological polar surface area (TPSA) is 78.9 Å². The molecule has 0 amide bonds. The number of carbonyl (C=O) groups is 3. The van der Waals surface area contributed by atoms with E-state index in [-0.39, 0.29) is 31.1 Å². The standard InChI is InChI=1S/C76H140O6/c1-4-7-10-13-16-19-22-25-28-31-33-35-36-37-38-39-40-41-43-45-48-51-54-57-60-63-66-69-75(78)81-72-73(71-80-74(77)68-65-62-59-56-53-50-47-44-30-27-24-21-18-15-12-9-6-3)82-76(79)70-67-64-61-58-55-52-49-46-42-34-32-29-26-23-20-17-14-11-8-5-2/h9,12,18,21,27,30-31,33,73H,4-8,10-11,13-17,19-20,22-26,28-29,32,34-72H2,1-3H3/b12-9-,21-18-,30-27-,33-31-. The summed E-state index contributed by atoms with van der Waals surface area (Å²) in [5.74, 6) is -0.851. The molecule has 0 fully saturated rings. The van der Waals surface area contributed by atoms with Gasteiger partial charge in [-0.3, -0.25) is 14.4 Å². The van der Waals surface area contributed by atoms with Gasteiger partial charge in [0.15, 0.2) is 6.10 Å². The molecule has 0 saturated carbocycles. The summed E-state index contributed by atoms with van der Waals surface area (Å²) in [6.45, 7) is 6.60. The van der Waals surface area contributed by atoms with Gasteiger partial charge in [-0.2, -0.15) is 0 Å². The van der Waals surface area contributed by atoms with Gasteiger partial charge in [0.1, 0.15) is 13.2 Å². The summed E-state index contributed by atoms with van der Waals surface area (Å²) >= 11 is 0. The molecule has 480 valence electrons. The first-order valence-electron chi connectivity index (χ1n) is 36.6. The summed E-state index contributed by atoms with van der Waals surface area (Å²) in [4.78, 5) is 38.5. The van der Waals surface area contributed by atoms with Crippen LogP contribution >= 0.6 is 0 Å². The van der Waals surface area contributed by atoms with E-state index in [1.165, 1.54) is 276 Å². The van der Waals surface area contributed by atoms with Gasteiger partial charge < -0.3 is 14.2 Å². The van der Waals surface area contributed by atoms with Crippen molar-refractivity contribution < 1.29 is 28.6 Å². The smallest absolute Gasteiger partial charge is 0.306 e. The molecule has 0 aliphatic heterocycles. The van der Waals surface area contributed by atoms with Crippen LogP contribution in [0.4, 0.5) is 0 Å². The van der Waals surface area contributed by atoms with Gasteiger partial charge in [-0.25, -0.2) is 0 Å². The lowest BCUT2D eigenvalue weighted by Crippen LogP contribution is -2.30. The van der Waals surface area contributed by atoms with Crippen molar-refractivity contribution in [3.05, 3.63) is 48.6 Å². The zero-order valence-corrected chi connectivity index (χ0v) is 55.3. The lowest BCUT2D eigenvalue weighted by molar-refractivity contribution is -0.167. The first-order chi connectivity index (χ1) is 40.5. The summed E-state index contributed by atoms with van der Waals surface area (Å²) in [5, 5.41) is 0. The molecule has 0 N–H and O–H groups in total. The van der Waals surface area contributed by atoms with E-state index in [0.29, 0.717) is 19.3 Å². The Hall–Kier alpha value is -2.63. The highest BCUT2D eigenvalue weighted by Gasteiger charge is 2.19. The second kappa shape index (κ2) is 70.9. The number of rotatable bonds is 68. The minimum Gasteiger partial charge on any atom is -0.462 e. The van der Waals surface area contributed by atoms with Crippen LogP contribution in [0.5, 0.6) is 0 Å². The second-order valence-electron chi connectivity index (χ2n) is 24.8. The monoisotopic (exact) mass is 1150 g/mol. The van der Waals surface area contributed by atoms with Crippen LogP contribution < -0.4 is 0 Å². The van der Waals surface area contributed by atoms with E-state index in [4.69, 9.17) is 14.2 Å². The summed E-state index contributed by atoms with van der Waals surface area (Å²) in [6.07, 6.45) is 90.1. The molecule has 0 heterocycles. The molecule has 0 spiro atoms. The highest BCUT2D eigenvalue weighted by molar-refractivity contribution is 5.71. The van der Waals surface area contributed by atoms with E-state index in [9.17, 15) is 14.4 Å². The second-order valence-corrected chi connectivity index (χ2v) is 24.8. The number of hydrogen-bond donors (Lipinski definition) is 0. The molecule has 1 atom stereocenters. The first-order valence-corrected chi connectivity index (χ1v) is 36.6. The van der Waals surface area contributed by atoms with Gasteiger partial charge >= 0.3 is 17.9 Å². The molecule has 0 saturated heterocycles. The van der Waals surface area contributed by atoms with Crippen molar-refractivity contribution in [3.8, 4) is 0 Å². The van der Waals surface area contributed by atoms with Crippen LogP contribution in [0.25, 0.3) is 0 Å². The Labute approximate surface area is 511 Å². The van der Waals surface area contributed by atoms with E-state index < -0.39 is 6.10 Å². The zero-order chi connectivity index (χ0) is 59.2. The maximum Gasteiger partial charge on any atom is 0.306 e. The number of unbranched alkanes of at least 4 members (excludes halogenated alkanes) is 49. The maximum atomic E-state index is 13.0. The van der Waals surface area contributed by atoms with Crippen LogP contribution in [0.15, 0.2) is 48.6 Å². The van der Waals surface area contributed by atoms with Crippen molar-refractivity contribution in [2.24, 2.45) is 0 Å². The Morgan fingerprint density at radius 3 is 0.756 bits per heavy atom. The van der Waals surface area contributed by atoms with Crippen molar-refractivity contribution in [2.75, 3.05) is 13.2 Å². The summed E-state index contributed by atoms with van der Waals surface area (Å²) in [7, 11) is 0. The average Bonchev–Trinajstić information content (AvgIpc) is 3.47. The van der Waals surface area contributed by atoms with E-state index in [1.807, 2.05) is 0 Å². The molecule has 6 heteroatoms. The van der Waals surface area contributed by atoms with E-state index >= 15 is 0 Å². The molecule has 0 radical (unpaired) electrons. The van der Waals surface area contributed by atoms with Crippen molar-refractivity contribution in [1.29, 1.82) is 0 Å². The van der Waals surface area contributed by atoms with Crippen LogP contribution in [0, 0.1) is 0 Å². The predicted octanol–water partition coefficient (Wildman–Crippen LogP) is 25.3. The molecule has 82 heavy (non-hydrogen) atoms. The van der Waals surface area contributed by atoms with Crippen molar-refractivity contribution in [2.45, 2.75) is 406 Å². The van der Waals surface area contributed by atoms with Crippen molar-refractivity contribution in [3.63, 3.8) is 0 Å². The zero-order valence-electron chi connectivity index (χ0n) is 55.3. The highest BCUT2D eigenvalue weighted by Crippen LogP contribution is 2.19. The molecule has 1 unspecified atom stereocenters. The lowest BCUT2D eigenvalue weighted by atomic mass is 10.0. The van der Waals surface area contributed by atoms with E-state index in [2.05, 4.69) is 69.4 Å². The van der Waals surface area contributed by atoms with Crippen molar-refractivity contribution >= 4 is 17.9 Å². The first kappa shape index (κ1) is 79.4. The minimum atomic E-state index is -0.776. The number of esters is 3. The number of hydrogen-bond acceptors (Lipinski definition) is 6. The number of ether oxygens (including phenoxy) is 3. The van der Waals surface area contributed by atoms with Crippen LogP contribution in [0.3, 0.4) is 0 Å². The van der Waals surface area contributed by atoms with Crippen LogP contribution in [-0.2, 0) is 28.6 Å². The summed E-state index contributed by atoms with van der Waals surface area (Å²) < 4.78 is 17.0. The fourth-order valence-electron chi connectivity index (χ4n) is 11.1. The molecule has 6 nitrogen and oxygen atoms in total. The molecule has 0 bridgehead atoms. The molecular formula is C76H140O6. The normalized spacial score (nSPS) is 12.3. The van der Waals surface area contributed by atoms with Gasteiger partial charge in [-0.1, -0.05) is 352 Å². The fraction of sp³-hybridized carbons (Fsp3) is 0.855. The van der Waals surface area contributed by atoms with Crippen molar-refractivity contribution in [1.82, 2.24) is 0 Å². The molecule has 0 aliphatic rings. The third kappa shape index (κ3) is 68.2. The van der Waals surface area contributed by atoms with Gasteiger partial charge in [0.25, 0.3) is 0 Å². The molecule has 0 aromatic heterocycles. The Balaban J connectivity index is 4.26. The van der Waals surface area contributed by atoms with Crippen LogP contribution in [-0.4, -0.2) is 37.2 Å². The average molecular weight is 1150 g/mol. The maximum absolute atomic E-state index is 13.0. The van der Waals surface area contributed by atoms with Gasteiger partial charge in [0, 0.05) is 19.3 Å². The van der Waals surface area contributed by atoms with Crippen LogP contribution in [0.1, 0.15) is 400 Å². The van der Waals surface area contributed by atoms with Gasteiger partial charge in [-0.05, 0) is 77.0 Å².